The highest BCUT2D eigenvalue weighted by atomic mass is 35.5. The van der Waals surface area contributed by atoms with Gasteiger partial charge in [-0.1, -0.05) is 29.8 Å². The maximum absolute atomic E-state index is 13.3. The first-order chi connectivity index (χ1) is 13.2. The van der Waals surface area contributed by atoms with Gasteiger partial charge in [0.05, 0.1) is 16.2 Å². The molecule has 0 unspecified atom stereocenters. The Morgan fingerprint density at radius 2 is 1.93 bits per heavy atom. The van der Waals surface area contributed by atoms with E-state index in [1.54, 1.807) is 30.3 Å². The molecule has 0 bridgehead atoms. The summed E-state index contributed by atoms with van der Waals surface area (Å²) in [6.07, 6.45) is 2.50. The zero-order chi connectivity index (χ0) is 20.3. The van der Waals surface area contributed by atoms with Gasteiger partial charge in [0.15, 0.2) is 9.84 Å². The molecule has 0 aliphatic rings. The number of rotatable bonds is 5. The molecule has 1 amide bonds. The molecule has 3 rings (SSSR count). The normalized spacial score (nSPS) is 11.2. The maximum Gasteiger partial charge on any atom is 0.253 e. The Hall–Kier alpha value is -2.77. The molecular weight excluding hydrogens is 403 g/mol. The number of pyridine rings is 1. The number of halogens is 2. The predicted molar refractivity (Wildman–Crippen MR) is 105 cm³/mol. The van der Waals surface area contributed by atoms with E-state index in [4.69, 9.17) is 11.6 Å². The Morgan fingerprint density at radius 1 is 1.14 bits per heavy atom. The molecular formula is C20H16ClFN2O3S. The van der Waals surface area contributed by atoms with Gasteiger partial charge in [-0.15, -0.1) is 0 Å². The fraction of sp³-hybridized carbons (Fsp3) is 0.100. The average Bonchev–Trinajstić information content (AvgIpc) is 2.66. The molecule has 0 aliphatic carbocycles. The van der Waals surface area contributed by atoms with Gasteiger partial charge >= 0.3 is 0 Å². The van der Waals surface area contributed by atoms with Gasteiger partial charge in [0, 0.05) is 29.6 Å². The largest absolute Gasteiger partial charge is 0.348 e. The molecule has 1 N–H and O–H groups in total. The third-order valence-electron chi connectivity index (χ3n) is 4.04. The van der Waals surface area contributed by atoms with Crippen molar-refractivity contribution in [3.05, 3.63) is 82.8 Å². The summed E-state index contributed by atoms with van der Waals surface area (Å²) in [4.78, 5) is 16.6. The quantitative estimate of drug-likeness (QED) is 0.682. The van der Waals surface area contributed by atoms with Crippen LogP contribution in [0.3, 0.4) is 0 Å². The van der Waals surface area contributed by atoms with Crippen LogP contribution in [0, 0.1) is 5.82 Å². The van der Waals surface area contributed by atoms with Crippen LogP contribution >= 0.6 is 11.6 Å². The van der Waals surface area contributed by atoms with Gasteiger partial charge in [0.1, 0.15) is 5.82 Å². The van der Waals surface area contributed by atoms with Crippen molar-refractivity contribution < 1.29 is 17.6 Å². The number of sulfone groups is 1. The van der Waals surface area contributed by atoms with E-state index in [1.807, 2.05) is 0 Å². The van der Waals surface area contributed by atoms with Crippen LogP contribution in [0.15, 0.2) is 65.7 Å². The number of nitrogens with zero attached hydrogens (tertiary/aromatic N) is 1. The average molecular weight is 419 g/mol. The van der Waals surface area contributed by atoms with Gasteiger partial charge in [-0.2, -0.15) is 0 Å². The second-order valence-electron chi connectivity index (χ2n) is 6.15. The predicted octanol–water partition coefficient (Wildman–Crippen LogP) is 3.87. The zero-order valence-corrected chi connectivity index (χ0v) is 16.4. The van der Waals surface area contributed by atoms with Crippen molar-refractivity contribution in [3.63, 3.8) is 0 Å². The summed E-state index contributed by atoms with van der Waals surface area (Å²) in [5.41, 5.74) is 2.09. The fourth-order valence-corrected chi connectivity index (χ4v) is 3.49. The van der Waals surface area contributed by atoms with Crippen molar-refractivity contribution >= 4 is 27.3 Å². The summed E-state index contributed by atoms with van der Waals surface area (Å²) >= 11 is 6.11. The summed E-state index contributed by atoms with van der Waals surface area (Å²) < 4.78 is 36.4. The molecule has 0 saturated heterocycles. The van der Waals surface area contributed by atoms with Gasteiger partial charge < -0.3 is 5.32 Å². The van der Waals surface area contributed by atoms with Crippen molar-refractivity contribution in [2.75, 3.05) is 6.26 Å². The fourth-order valence-electron chi connectivity index (χ4n) is 2.53. The number of carbonyl (C=O) groups is 1. The second kappa shape index (κ2) is 8.08. The van der Waals surface area contributed by atoms with E-state index < -0.39 is 9.84 Å². The Labute approximate surface area is 167 Å². The van der Waals surface area contributed by atoms with Crippen LogP contribution in [0.1, 0.15) is 15.9 Å². The number of benzene rings is 2. The molecule has 1 aromatic heterocycles. The molecule has 2 aromatic carbocycles. The van der Waals surface area contributed by atoms with E-state index in [1.165, 1.54) is 30.5 Å². The first-order valence-corrected chi connectivity index (χ1v) is 10.5. The maximum atomic E-state index is 13.3. The third-order valence-corrected chi connectivity index (χ3v) is 5.50. The summed E-state index contributed by atoms with van der Waals surface area (Å²) in [7, 11) is -3.35. The van der Waals surface area contributed by atoms with Crippen LogP contribution in [0.2, 0.25) is 5.02 Å². The highest BCUT2D eigenvalue weighted by molar-refractivity contribution is 7.90. The summed E-state index contributed by atoms with van der Waals surface area (Å²) in [6.45, 7) is 0.132. The van der Waals surface area contributed by atoms with Crippen LogP contribution in [0.4, 0.5) is 4.39 Å². The van der Waals surface area contributed by atoms with Crippen LogP contribution in [0.5, 0.6) is 0 Å². The molecule has 0 radical (unpaired) electrons. The Balaban J connectivity index is 1.68. The van der Waals surface area contributed by atoms with Crippen molar-refractivity contribution in [2.45, 2.75) is 11.4 Å². The number of hydrogen-bond acceptors (Lipinski definition) is 4. The van der Waals surface area contributed by atoms with Crippen LogP contribution < -0.4 is 5.32 Å². The number of aromatic nitrogens is 1. The number of nitrogens with one attached hydrogen (secondary N) is 1. The van der Waals surface area contributed by atoms with Crippen molar-refractivity contribution in [2.24, 2.45) is 0 Å². The van der Waals surface area contributed by atoms with E-state index in [0.29, 0.717) is 22.4 Å². The smallest absolute Gasteiger partial charge is 0.253 e. The Bertz CT molecular complexity index is 1130. The van der Waals surface area contributed by atoms with Crippen LogP contribution in [-0.4, -0.2) is 25.6 Å². The molecule has 0 fully saturated rings. The number of carbonyl (C=O) groups excluding carboxylic acids is 1. The highest BCUT2D eigenvalue weighted by Crippen LogP contribution is 2.21. The van der Waals surface area contributed by atoms with Crippen molar-refractivity contribution in [3.8, 4) is 11.3 Å². The third kappa shape index (κ3) is 4.74. The minimum Gasteiger partial charge on any atom is -0.348 e. The minimum absolute atomic E-state index is 0.115. The lowest BCUT2D eigenvalue weighted by Crippen LogP contribution is -2.23. The molecule has 144 valence electrons. The molecule has 5 nitrogen and oxygen atoms in total. The van der Waals surface area contributed by atoms with E-state index in [2.05, 4.69) is 10.3 Å². The van der Waals surface area contributed by atoms with E-state index >= 15 is 0 Å². The van der Waals surface area contributed by atoms with E-state index in [0.717, 1.165) is 6.26 Å². The summed E-state index contributed by atoms with van der Waals surface area (Å²) in [5.74, 6) is -0.721. The van der Waals surface area contributed by atoms with Crippen LogP contribution in [-0.2, 0) is 16.4 Å². The van der Waals surface area contributed by atoms with E-state index in [-0.39, 0.29) is 28.2 Å². The first-order valence-electron chi connectivity index (χ1n) is 8.23. The SMILES string of the molecule is CS(=O)(=O)c1ccc(CNC(=O)c2ccc(-c3cccc(F)c3)nc2)c(Cl)c1. The van der Waals surface area contributed by atoms with Gasteiger partial charge in [0.25, 0.3) is 5.91 Å². The van der Waals surface area contributed by atoms with Gasteiger partial charge in [-0.05, 0) is 42.0 Å². The lowest BCUT2D eigenvalue weighted by Gasteiger charge is -2.09. The zero-order valence-electron chi connectivity index (χ0n) is 14.8. The lowest BCUT2D eigenvalue weighted by atomic mass is 10.1. The molecule has 0 aliphatic heterocycles. The van der Waals surface area contributed by atoms with Crippen molar-refractivity contribution in [1.82, 2.24) is 10.3 Å². The van der Waals surface area contributed by atoms with Gasteiger partial charge in [-0.25, -0.2) is 12.8 Å². The van der Waals surface area contributed by atoms with Gasteiger partial charge in [0.2, 0.25) is 0 Å². The minimum atomic E-state index is -3.35. The van der Waals surface area contributed by atoms with Crippen LogP contribution in [0.25, 0.3) is 11.3 Å². The summed E-state index contributed by atoms with van der Waals surface area (Å²) in [6, 6.07) is 13.6. The molecule has 0 spiro atoms. The lowest BCUT2D eigenvalue weighted by molar-refractivity contribution is 0.0950. The molecule has 8 heteroatoms. The monoisotopic (exact) mass is 418 g/mol. The first kappa shape index (κ1) is 20.0. The van der Waals surface area contributed by atoms with Gasteiger partial charge in [-0.3, -0.25) is 9.78 Å². The molecule has 3 aromatic rings. The topological polar surface area (TPSA) is 76.1 Å². The second-order valence-corrected chi connectivity index (χ2v) is 8.57. The summed E-state index contributed by atoms with van der Waals surface area (Å²) in [5, 5.41) is 2.96. The van der Waals surface area contributed by atoms with Crippen molar-refractivity contribution in [1.29, 1.82) is 0 Å². The molecule has 1 heterocycles. The Morgan fingerprint density at radius 3 is 2.54 bits per heavy atom. The molecule has 28 heavy (non-hydrogen) atoms. The molecule has 0 atom stereocenters. The number of amides is 1. The Kier molecular flexibility index (Phi) is 5.76. The highest BCUT2D eigenvalue weighted by Gasteiger charge is 2.12. The molecule has 0 saturated carbocycles. The van der Waals surface area contributed by atoms with E-state index in [9.17, 15) is 17.6 Å². The number of hydrogen-bond donors (Lipinski definition) is 1. The standard InChI is InChI=1S/C20H16ClFN2O3S/c1-28(26,27)17-7-5-14(18(21)10-17)11-24-20(25)15-6-8-19(23-12-15)13-3-2-4-16(22)9-13/h2-10,12H,11H2,1H3,(H,24,25).